The van der Waals surface area contributed by atoms with Gasteiger partial charge in [-0.2, -0.15) is 0 Å². The van der Waals surface area contributed by atoms with Gasteiger partial charge in [-0.1, -0.05) is 20.3 Å². The van der Waals surface area contributed by atoms with E-state index in [1.807, 2.05) is 6.92 Å². The highest BCUT2D eigenvalue weighted by Gasteiger charge is 2.14. The number of esters is 1. The second kappa shape index (κ2) is 5.13. The highest BCUT2D eigenvalue weighted by Crippen LogP contribution is 2.08. The number of hydrogen-bond donors (Lipinski definition) is 1. The van der Waals surface area contributed by atoms with Crippen LogP contribution in [0.15, 0.2) is 0 Å². The highest BCUT2D eigenvalue weighted by molar-refractivity contribution is 5.69. The van der Waals surface area contributed by atoms with Gasteiger partial charge >= 0.3 is 5.97 Å². The van der Waals surface area contributed by atoms with Crippen molar-refractivity contribution in [1.29, 1.82) is 0 Å². The van der Waals surface area contributed by atoms with Gasteiger partial charge in [0.15, 0.2) is 0 Å². The minimum Gasteiger partial charge on any atom is -0.469 e. The zero-order valence-electron chi connectivity index (χ0n) is 7.46. The molecule has 0 heterocycles. The Morgan fingerprint density at radius 1 is 1.64 bits per heavy atom. The van der Waals surface area contributed by atoms with Gasteiger partial charge in [-0.15, -0.1) is 0 Å². The first kappa shape index (κ1) is 10.4. The van der Waals surface area contributed by atoms with Crippen LogP contribution in [-0.4, -0.2) is 19.1 Å². The molecule has 0 spiro atoms. The molecule has 0 aromatic carbocycles. The first-order chi connectivity index (χ1) is 5.11. The molecule has 3 heteroatoms. The second-order valence-corrected chi connectivity index (χ2v) is 2.83. The summed E-state index contributed by atoms with van der Waals surface area (Å²) in [7, 11) is 1.38. The van der Waals surface area contributed by atoms with Crippen molar-refractivity contribution < 1.29 is 9.53 Å². The van der Waals surface area contributed by atoms with Crippen LogP contribution in [0.25, 0.3) is 0 Å². The van der Waals surface area contributed by atoms with E-state index in [4.69, 9.17) is 5.73 Å². The summed E-state index contributed by atoms with van der Waals surface area (Å²) in [5.74, 6) is 0.159. The summed E-state index contributed by atoms with van der Waals surface area (Å²) in [6, 6.07) is -0.0625. The van der Waals surface area contributed by atoms with Gasteiger partial charge in [0.05, 0.1) is 13.5 Å². The lowest BCUT2D eigenvalue weighted by Gasteiger charge is -2.16. The third kappa shape index (κ3) is 3.98. The lowest BCUT2D eigenvalue weighted by molar-refractivity contribution is -0.141. The molecule has 66 valence electrons. The Balaban J connectivity index is 3.67. The van der Waals surface area contributed by atoms with Crippen LogP contribution >= 0.6 is 0 Å². The summed E-state index contributed by atoms with van der Waals surface area (Å²) in [5, 5.41) is 0. The SMILES string of the molecule is CCC(C)[C@@H](N)CC(=O)OC. The van der Waals surface area contributed by atoms with E-state index in [0.29, 0.717) is 12.3 Å². The minimum atomic E-state index is -0.224. The van der Waals surface area contributed by atoms with Crippen molar-refractivity contribution in [3.63, 3.8) is 0 Å². The Morgan fingerprint density at radius 3 is 2.55 bits per heavy atom. The molecule has 11 heavy (non-hydrogen) atoms. The first-order valence-electron chi connectivity index (χ1n) is 3.94. The topological polar surface area (TPSA) is 52.3 Å². The molecule has 0 aliphatic rings. The summed E-state index contributed by atoms with van der Waals surface area (Å²) in [6.07, 6.45) is 1.32. The molecule has 0 amide bonds. The van der Waals surface area contributed by atoms with Crippen molar-refractivity contribution >= 4 is 5.97 Å². The van der Waals surface area contributed by atoms with E-state index in [0.717, 1.165) is 6.42 Å². The van der Waals surface area contributed by atoms with Crippen LogP contribution < -0.4 is 5.73 Å². The van der Waals surface area contributed by atoms with Gasteiger partial charge in [0.25, 0.3) is 0 Å². The maximum absolute atomic E-state index is 10.7. The third-order valence-corrected chi connectivity index (χ3v) is 2.00. The molecule has 0 aromatic heterocycles. The molecule has 0 aromatic rings. The van der Waals surface area contributed by atoms with E-state index in [1.54, 1.807) is 0 Å². The molecule has 1 unspecified atom stereocenters. The fourth-order valence-corrected chi connectivity index (χ4v) is 0.780. The molecular weight excluding hydrogens is 142 g/mol. The normalized spacial score (nSPS) is 15.6. The van der Waals surface area contributed by atoms with Gasteiger partial charge < -0.3 is 10.5 Å². The lowest BCUT2D eigenvalue weighted by Crippen LogP contribution is -2.30. The summed E-state index contributed by atoms with van der Waals surface area (Å²) in [5.41, 5.74) is 5.70. The van der Waals surface area contributed by atoms with Crippen LogP contribution in [0.1, 0.15) is 26.7 Å². The summed E-state index contributed by atoms with van der Waals surface area (Å²) >= 11 is 0. The Kier molecular flexibility index (Phi) is 4.86. The fraction of sp³-hybridized carbons (Fsp3) is 0.875. The quantitative estimate of drug-likeness (QED) is 0.621. The Bertz CT molecular complexity index is 125. The van der Waals surface area contributed by atoms with Gasteiger partial charge in [-0.25, -0.2) is 0 Å². The number of carbonyl (C=O) groups is 1. The van der Waals surface area contributed by atoms with E-state index < -0.39 is 0 Å². The first-order valence-corrected chi connectivity index (χ1v) is 3.94. The van der Waals surface area contributed by atoms with Crippen molar-refractivity contribution in [2.45, 2.75) is 32.7 Å². The van der Waals surface area contributed by atoms with Crippen LogP contribution in [0.4, 0.5) is 0 Å². The van der Waals surface area contributed by atoms with E-state index in [1.165, 1.54) is 7.11 Å². The number of hydrogen-bond acceptors (Lipinski definition) is 3. The van der Waals surface area contributed by atoms with Crippen LogP contribution in [0.3, 0.4) is 0 Å². The number of rotatable bonds is 4. The van der Waals surface area contributed by atoms with Crippen LogP contribution in [-0.2, 0) is 9.53 Å². The maximum atomic E-state index is 10.7. The van der Waals surface area contributed by atoms with Gasteiger partial charge in [0.1, 0.15) is 0 Å². The zero-order chi connectivity index (χ0) is 8.85. The highest BCUT2D eigenvalue weighted by atomic mass is 16.5. The molecule has 0 aliphatic heterocycles. The van der Waals surface area contributed by atoms with Crippen molar-refractivity contribution in [2.24, 2.45) is 11.7 Å². The molecule has 0 radical (unpaired) electrons. The molecule has 2 atom stereocenters. The second-order valence-electron chi connectivity index (χ2n) is 2.83. The molecule has 3 nitrogen and oxygen atoms in total. The van der Waals surface area contributed by atoms with Crippen molar-refractivity contribution in [2.75, 3.05) is 7.11 Å². The van der Waals surface area contributed by atoms with Crippen molar-refractivity contribution in [1.82, 2.24) is 0 Å². The Labute approximate surface area is 67.9 Å². The Hall–Kier alpha value is -0.570. The van der Waals surface area contributed by atoms with Gasteiger partial charge in [0, 0.05) is 6.04 Å². The molecule has 0 aliphatic carbocycles. The zero-order valence-corrected chi connectivity index (χ0v) is 7.46. The van der Waals surface area contributed by atoms with Crippen LogP contribution in [0.2, 0.25) is 0 Å². The fourth-order valence-electron chi connectivity index (χ4n) is 0.780. The number of nitrogens with two attached hydrogens (primary N) is 1. The maximum Gasteiger partial charge on any atom is 0.307 e. The van der Waals surface area contributed by atoms with Crippen molar-refractivity contribution in [3.8, 4) is 0 Å². The molecular formula is C8H17NO2. The molecule has 0 rings (SSSR count). The van der Waals surface area contributed by atoms with E-state index in [2.05, 4.69) is 11.7 Å². The monoisotopic (exact) mass is 159 g/mol. The molecule has 0 fully saturated rings. The molecule has 2 N–H and O–H groups in total. The van der Waals surface area contributed by atoms with E-state index in [9.17, 15) is 4.79 Å². The predicted molar refractivity (Wildman–Crippen MR) is 44.1 cm³/mol. The van der Waals surface area contributed by atoms with Crippen LogP contribution in [0.5, 0.6) is 0 Å². The smallest absolute Gasteiger partial charge is 0.307 e. The predicted octanol–water partition coefficient (Wildman–Crippen LogP) is 0.923. The molecule has 0 saturated carbocycles. The number of carbonyl (C=O) groups excluding carboxylic acids is 1. The van der Waals surface area contributed by atoms with Crippen molar-refractivity contribution in [3.05, 3.63) is 0 Å². The summed E-state index contributed by atoms with van der Waals surface area (Å²) < 4.78 is 4.50. The molecule has 0 saturated heterocycles. The van der Waals surface area contributed by atoms with E-state index >= 15 is 0 Å². The van der Waals surface area contributed by atoms with E-state index in [-0.39, 0.29) is 12.0 Å². The number of methoxy groups -OCH3 is 1. The summed E-state index contributed by atoms with van der Waals surface area (Å²) in [6.45, 7) is 4.09. The minimum absolute atomic E-state index is 0.0625. The standard InChI is InChI=1S/C8H17NO2/c1-4-6(2)7(9)5-8(10)11-3/h6-7H,4-5,9H2,1-3H3/t6?,7-/m0/s1. The largest absolute Gasteiger partial charge is 0.469 e. The average Bonchev–Trinajstić information content (AvgIpc) is 2.02. The van der Waals surface area contributed by atoms with Gasteiger partial charge in [-0.05, 0) is 5.92 Å². The third-order valence-electron chi connectivity index (χ3n) is 2.00. The lowest BCUT2D eigenvalue weighted by atomic mass is 9.97. The van der Waals surface area contributed by atoms with Gasteiger partial charge in [0.2, 0.25) is 0 Å². The summed E-state index contributed by atoms with van der Waals surface area (Å²) in [4.78, 5) is 10.7. The average molecular weight is 159 g/mol. The van der Waals surface area contributed by atoms with Gasteiger partial charge in [-0.3, -0.25) is 4.79 Å². The van der Waals surface area contributed by atoms with Crippen LogP contribution in [0, 0.1) is 5.92 Å². The Morgan fingerprint density at radius 2 is 2.18 bits per heavy atom. The molecule has 0 bridgehead atoms. The number of ether oxygens (including phenoxy) is 1.